The number of aromatic nitrogens is 3. The Morgan fingerprint density at radius 1 is 1.27 bits per heavy atom. The molecule has 3 heterocycles. The fraction of sp³-hybridized carbons (Fsp3) is 0.364. The number of thiazole rings is 1. The van der Waals surface area contributed by atoms with E-state index in [1.165, 1.54) is 5.56 Å². The number of piperidine rings is 1. The second kappa shape index (κ2) is 7.74. The van der Waals surface area contributed by atoms with Gasteiger partial charge in [0.1, 0.15) is 5.69 Å². The first-order valence-electron chi connectivity index (χ1n) is 10.1. The van der Waals surface area contributed by atoms with E-state index < -0.39 is 0 Å². The number of anilines is 1. The third-order valence-electron chi connectivity index (χ3n) is 5.78. The summed E-state index contributed by atoms with van der Waals surface area (Å²) in [5, 5.41) is 4.21. The summed E-state index contributed by atoms with van der Waals surface area (Å²) in [6.45, 7) is 4.68. The fourth-order valence-electron chi connectivity index (χ4n) is 4.35. The van der Waals surface area contributed by atoms with Gasteiger partial charge in [-0.2, -0.15) is 0 Å². The normalized spacial score (nSPS) is 22.1. The Morgan fingerprint density at radius 3 is 2.83 bits per heavy atom. The van der Waals surface area contributed by atoms with E-state index in [2.05, 4.69) is 66.2 Å². The monoisotopic (exact) mass is 483 g/mol. The number of nitrogens with one attached hydrogen (secondary N) is 1. The zero-order valence-corrected chi connectivity index (χ0v) is 19.2. The standard InChI is InChI=1S/C22H22BrN5OS/c1-12-4-3-5-14(6-12)20-19(27-13(2)30-20)21(29)28-17(7-15-8-18(15)28)11-26-22-24-9-16(23)10-25-22/h3-6,9-10,15,17-18H,7-8,11H2,1-2H3,(H,24,25,26)/t15-,17+,18+/m1/s1. The topological polar surface area (TPSA) is 71.0 Å². The fourth-order valence-corrected chi connectivity index (χ4v) is 5.46. The van der Waals surface area contributed by atoms with Gasteiger partial charge >= 0.3 is 0 Å². The van der Waals surface area contributed by atoms with Crippen molar-refractivity contribution in [3.8, 4) is 10.4 Å². The highest BCUT2D eigenvalue weighted by Gasteiger charge is 2.54. The summed E-state index contributed by atoms with van der Waals surface area (Å²) < 4.78 is 0.842. The Morgan fingerprint density at radius 2 is 2.07 bits per heavy atom. The van der Waals surface area contributed by atoms with Crippen LogP contribution < -0.4 is 5.32 Å². The maximum absolute atomic E-state index is 13.6. The molecule has 5 rings (SSSR count). The molecular weight excluding hydrogens is 462 g/mol. The summed E-state index contributed by atoms with van der Waals surface area (Å²) in [7, 11) is 0. The number of hydrogen-bond acceptors (Lipinski definition) is 6. The zero-order chi connectivity index (χ0) is 20.8. The number of nitrogens with zero attached hydrogens (tertiary/aromatic N) is 4. The van der Waals surface area contributed by atoms with E-state index in [9.17, 15) is 4.79 Å². The number of fused-ring (bicyclic) bond motifs is 1. The van der Waals surface area contributed by atoms with E-state index in [1.807, 2.05) is 13.0 Å². The van der Waals surface area contributed by atoms with Crippen LogP contribution in [0.25, 0.3) is 10.4 Å². The molecule has 8 heteroatoms. The summed E-state index contributed by atoms with van der Waals surface area (Å²) in [4.78, 5) is 29.9. The van der Waals surface area contributed by atoms with Crippen LogP contribution in [0.3, 0.4) is 0 Å². The van der Waals surface area contributed by atoms with E-state index in [0.29, 0.717) is 30.1 Å². The Hall–Kier alpha value is -2.32. The highest BCUT2D eigenvalue weighted by Crippen LogP contribution is 2.49. The quantitative estimate of drug-likeness (QED) is 0.569. The van der Waals surface area contributed by atoms with Gasteiger partial charge in [-0.05, 0) is 54.1 Å². The molecule has 2 fully saturated rings. The van der Waals surface area contributed by atoms with Crippen molar-refractivity contribution >= 4 is 39.1 Å². The molecule has 0 unspecified atom stereocenters. The number of halogens is 1. The third-order valence-corrected chi connectivity index (χ3v) is 7.21. The lowest BCUT2D eigenvalue weighted by atomic mass is 10.1. The maximum Gasteiger partial charge on any atom is 0.274 e. The maximum atomic E-state index is 13.6. The van der Waals surface area contributed by atoms with Crippen molar-refractivity contribution in [3.05, 3.63) is 57.4 Å². The Kier molecular flexibility index (Phi) is 5.06. The highest BCUT2D eigenvalue weighted by molar-refractivity contribution is 9.10. The van der Waals surface area contributed by atoms with Crippen LogP contribution in [0.4, 0.5) is 5.95 Å². The van der Waals surface area contributed by atoms with Gasteiger partial charge < -0.3 is 10.2 Å². The molecule has 1 aliphatic heterocycles. The van der Waals surface area contributed by atoms with Crippen LogP contribution in [-0.2, 0) is 0 Å². The molecule has 2 aromatic heterocycles. The molecule has 2 aliphatic rings. The minimum Gasteiger partial charge on any atom is -0.352 e. The van der Waals surface area contributed by atoms with Crippen LogP contribution in [-0.4, -0.2) is 44.4 Å². The van der Waals surface area contributed by atoms with Gasteiger partial charge in [0.15, 0.2) is 0 Å². The summed E-state index contributed by atoms with van der Waals surface area (Å²) in [5.74, 6) is 1.23. The third kappa shape index (κ3) is 3.74. The van der Waals surface area contributed by atoms with E-state index in [0.717, 1.165) is 32.8 Å². The van der Waals surface area contributed by atoms with Crippen molar-refractivity contribution in [2.75, 3.05) is 11.9 Å². The highest BCUT2D eigenvalue weighted by atomic mass is 79.9. The summed E-state index contributed by atoms with van der Waals surface area (Å²) in [6, 6.07) is 8.75. The number of carbonyl (C=O) groups excluding carboxylic acids is 1. The van der Waals surface area contributed by atoms with Gasteiger partial charge in [-0.15, -0.1) is 11.3 Å². The smallest absolute Gasteiger partial charge is 0.274 e. The Labute approximate surface area is 187 Å². The second-order valence-electron chi connectivity index (χ2n) is 8.05. The lowest BCUT2D eigenvalue weighted by Crippen LogP contribution is -2.42. The lowest BCUT2D eigenvalue weighted by Gasteiger charge is -2.27. The molecular formula is C22H22BrN5OS. The minimum absolute atomic E-state index is 0.0457. The SMILES string of the molecule is Cc1cccc(-c2sc(C)nc2C(=O)N2[C@H](CNc3ncc(Br)cn3)C[C@@H]3C[C@@H]32)c1. The van der Waals surface area contributed by atoms with Gasteiger partial charge in [0.2, 0.25) is 5.95 Å². The number of amides is 1. The molecule has 1 aliphatic carbocycles. The molecule has 1 amide bonds. The first kappa shape index (κ1) is 19.6. The predicted octanol–water partition coefficient (Wildman–Crippen LogP) is 4.69. The lowest BCUT2D eigenvalue weighted by molar-refractivity contribution is 0.0704. The molecule has 0 bridgehead atoms. The van der Waals surface area contributed by atoms with E-state index in [4.69, 9.17) is 0 Å². The van der Waals surface area contributed by atoms with Gasteiger partial charge in [0.05, 0.1) is 20.4 Å². The number of rotatable bonds is 5. The van der Waals surface area contributed by atoms with Crippen molar-refractivity contribution in [2.45, 2.75) is 38.8 Å². The number of carbonyl (C=O) groups is 1. The van der Waals surface area contributed by atoms with E-state index in [1.54, 1.807) is 23.7 Å². The number of hydrogen-bond donors (Lipinski definition) is 1. The predicted molar refractivity (Wildman–Crippen MR) is 122 cm³/mol. The van der Waals surface area contributed by atoms with Gasteiger partial charge in [-0.25, -0.2) is 15.0 Å². The van der Waals surface area contributed by atoms with Gasteiger partial charge in [0, 0.05) is 25.0 Å². The van der Waals surface area contributed by atoms with E-state index >= 15 is 0 Å². The summed E-state index contributed by atoms with van der Waals surface area (Å²) in [5.41, 5.74) is 2.82. The molecule has 0 spiro atoms. The largest absolute Gasteiger partial charge is 0.352 e. The van der Waals surface area contributed by atoms with Gasteiger partial charge in [0.25, 0.3) is 5.91 Å². The van der Waals surface area contributed by atoms with Crippen LogP contribution in [0.5, 0.6) is 0 Å². The Bertz CT molecular complexity index is 1100. The van der Waals surface area contributed by atoms with Gasteiger partial charge in [-0.3, -0.25) is 4.79 Å². The first-order chi connectivity index (χ1) is 14.5. The molecule has 1 aromatic carbocycles. The van der Waals surface area contributed by atoms with Crippen molar-refractivity contribution in [1.82, 2.24) is 19.9 Å². The number of benzene rings is 1. The van der Waals surface area contributed by atoms with Crippen molar-refractivity contribution in [1.29, 1.82) is 0 Å². The van der Waals surface area contributed by atoms with Crippen molar-refractivity contribution in [2.24, 2.45) is 5.92 Å². The molecule has 30 heavy (non-hydrogen) atoms. The Balaban J connectivity index is 1.39. The average Bonchev–Trinajstić information content (AvgIpc) is 3.22. The van der Waals surface area contributed by atoms with Crippen molar-refractivity contribution < 1.29 is 4.79 Å². The zero-order valence-electron chi connectivity index (χ0n) is 16.8. The summed E-state index contributed by atoms with van der Waals surface area (Å²) in [6.07, 6.45) is 5.55. The molecule has 0 radical (unpaired) electrons. The van der Waals surface area contributed by atoms with Gasteiger partial charge in [-0.1, -0.05) is 29.8 Å². The molecule has 154 valence electrons. The number of likely N-dealkylation sites (tertiary alicyclic amines) is 1. The molecule has 1 N–H and O–H groups in total. The van der Waals surface area contributed by atoms with Crippen LogP contribution in [0.15, 0.2) is 41.1 Å². The van der Waals surface area contributed by atoms with Crippen molar-refractivity contribution in [3.63, 3.8) is 0 Å². The average molecular weight is 484 g/mol. The molecule has 3 aromatic rings. The second-order valence-corrected chi connectivity index (χ2v) is 10.2. The first-order valence-corrected chi connectivity index (χ1v) is 11.7. The molecule has 3 atom stereocenters. The van der Waals surface area contributed by atoms with Crippen LogP contribution in [0, 0.1) is 19.8 Å². The van der Waals surface area contributed by atoms with Crippen LogP contribution in [0.2, 0.25) is 0 Å². The van der Waals surface area contributed by atoms with Crippen LogP contribution in [0.1, 0.15) is 33.9 Å². The number of aryl methyl sites for hydroxylation is 2. The molecule has 6 nitrogen and oxygen atoms in total. The molecule has 1 saturated carbocycles. The van der Waals surface area contributed by atoms with Crippen LogP contribution >= 0.6 is 27.3 Å². The van der Waals surface area contributed by atoms with E-state index in [-0.39, 0.29) is 11.9 Å². The minimum atomic E-state index is 0.0457. The molecule has 1 saturated heterocycles. The summed E-state index contributed by atoms with van der Waals surface area (Å²) >= 11 is 4.94.